The Morgan fingerprint density at radius 2 is 1.32 bits per heavy atom. The molecule has 8 nitrogen and oxygen atoms in total. The molecule has 0 fully saturated rings. The van der Waals surface area contributed by atoms with Crippen molar-refractivity contribution in [2.75, 3.05) is 18.0 Å². The zero-order chi connectivity index (χ0) is 26.3. The first-order valence-electron chi connectivity index (χ1n) is 12.5. The average molecular weight is 497 g/mol. The Balaban J connectivity index is 1.68. The van der Waals surface area contributed by atoms with E-state index >= 15 is 0 Å². The minimum atomic E-state index is -0.671. The summed E-state index contributed by atoms with van der Waals surface area (Å²) in [5.74, 6) is 0. The van der Waals surface area contributed by atoms with Crippen molar-refractivity contribution in [3.05, 3.63) is 95.2 Å². The standard InChI is InChI=1S/C29H28N4O4/c1-2-3-4-7-13-32-15-16-9-8-10-17(14-16)33-28(36)22-23(29(33)37)25(31)21-20(24(22)30)26(34)18-11-5-6-12-19(18)27(21)35/h5-6,8-12,14,32H,2-4,7,13,15,30-31H2,1H3. The van der Waals surface area contributed by atoms with Gasteiger partial charge in [0.05, 0.1) is 38.6 Å². The third kappa shape index (κ3) is 3.90. The third-order valence-electron chi connectivity index (χ3n) is 6.99. The molecule has 0 amide bonds. The summed E-state index contributed by atoms with van der Waals surface area (Å²) in [6, 6.07) is 13.5. The number of nitrogen functional groups attached to an aromatic ring is 2. The summed E-state index contributed by atoms with van der Waals surface area (Å²) in [4.78, 5) is 53.6. The molecule has 37 heavy (non-hydrogen) atoms. The molecule has 0 unspecified atom stereocenters. The Bertz CT molecular complexity index is 1780. The van der Waals surface area contributed by atoms with Crippen LogP contribution in [0.4, 0.5) is 11.4 Å². The van der Waals surface area contributed by atoms with Gasteiger partial charge in [-0.05, 0) is 30.7 Å². The zero-order valence-electron chi connectivity index (χ0n) is 20.6. The molecular formula is C29H28N4O4. The molecule has 5 aromatic rings. The molecule has 4 aromatic carbocycles. The summed E-state index contributed by atoms with van der Waals surface area (Å²) >= 11 is 0. The lowest BCUT2D eigenvalue weighted by Crippen LogP contribution is -2.24. The fourth-order valence-electron chi connectivity index (χ4n) is 5.12. The first kappa shape index (κ1) is 24.4. The highest BCUT2D eigenvalue weighted by molar-refractivity contribution is 6.20. The van der Waals surface area contributed by atoms with Gasteiger partial charge in [0.2, 0.25) is 0 Å². The van der Waals surface area contributed by atoms with E-state index in [-0.39, 0.29) is 43.7 Å². The summed E-state index contributed by atoms with van der Waals surface area (Å²) in [6.07, 6.45) is 4.63. The van der Waals surface area contributed by atoms with Crippen molar-refractivity contribution >= 4 is 43.7 Å². The molecule has 0 saturated heterocycles. The molecule has 0 aliphatic carbocycles. The predicted molar refractivity (Wildman–Crippen MR) is 150 cm³/mol. The van der Waals surface area contributed by atoms with E-state index in [4.69, 9.17) is 11.5 Å². The highest BCUT2D eigenvalue weighted by Gasteiger charge is 2.25. The van der Waals surface area contributed by atoms with Crippen LogP contribution in [0, 0.1) is 0 Å². The number of nitrogens with one attached hydrogen (secondary N) is 1. The van der Waals surface area contributed by atoms with E-state index in [0.29, 0.717) is 12.2 Å². The molecule has 8 heteroatoms. The molecule has 1 heterocycles. The van der Waals surface area contributed by atoms with Crippen LogP contribution in [0.25, 0.3) is 38.0 Å². The van der Waals surface area contributed by atoms with Gasteiger partial charge in [0, 0.05) is 17.3 Å². The number of hydrogen-bond acceptors (Lipinski definition) is 7. The van der Waals surface area contributed by atoms with Crippen LogP contribution in [0.3, 0.4) is 0 Å². The molecule has 0 saturated carbocycles. The predicted octanol–water partition coefficient (Wildman–Crippen LogP) is 3.09. The molecule has 0 aliphatic heterocycles. The topological polar surface area (TPSA) is 137 Å². The minimum absolute atomic E-state index is 0.121. The van der Waals surface area contributed by atoms with Crippen molar-refractivity contribution in [3.63, 3.8) is 0 Å². The molecule has 0 aliphatic rings. The third-order valence-corrected chi connectivity index (χ3v) is 6.99. The van der Waals surface area contributed by atoms with E-state index in [2.05, 4.69) is 12.2 Å². The van der Waals surface area contributed by atoms with Crippen molar-refractivity contribution < 1.29 is 0 Å². The first-order chi connectivity index (χ1) is 17.9. The highest BCUT2D eigenvalue weighted by atomic mass is 16.2. The number of aromatic nitrogens is 1. The molecule has 5 N–H and O–H groups in total. The van der Waals surface area contributed by atoms with Gasteiger partial charge in [-0.1, -0.05) is 62.6 Å². The molecule has 1 aromatic heterocycles. The molecular weight excluding hydrogens is 468 g/mol. The SMILES string of the molecule is CCCCCCNCc1cccc(-n2c(=O)c3c(N)c4c(=O)c5ccccc5c(=O)c4c(N)c3c2=O)c1. The Labute approximate surface area is 211 Å². The average Bonchev–Trinajstić information content (AvgIpc) is 3.17. The Hall–Kier alpha value is -4.30. The summed E-state index contributed by atoms with van der Waals surface area (Å²) in [5.41, 5.74) is 11.2. The van der Waals surface area contributed by atoms with Crippen LogP contribution in [-0.2, 0) is 6.54 Å². The molecule has 0 radical (unpaired) electrons. The van der Waals surface area contributed by atoms with Crippen molar-refractivity contribution in [2.45, 2.75) is 39.2 Å². The lowest BCUT2D eigenvalue weighted by molar-refractivity contribution is 0.598. The Morgan fingerprint density at radius 3 is 1.89 bits per heavy atom. The monoisotopic (exact) mass is 496 g/mol. The quantitative estimate of drug-likeness (QED) is 0.130. The maximum atomic E-state index is 13.5. The van der Waals surface area contributed by atoms with Gasteiger partial charge >= 0.3 is 0 Å². The number of rotatable bonds is 8. The van der Waals surface area contributed by atoms with E-state index in [1.165, 1.54) is 31.4 Å². The van der Waals surface area contributed by atoms with Crippen molar-refractivity contribution in [2.24, 2.45) is 0 Å². The number of anilines is 2. The number of nitrogens with two attached hydrogens (primary N) is 2. The summed E-state index contributed by atoms with van der Waals surface area (Å²) in [6.45, 7) is 3.63. The Morgan fingerprint density at radius 1 is 0.730 bits per heavy atom. The second kappa shape index (κ2) is 9.63. The summed E-state index contributed by atoms with van der Waals surface area (Å²) in [7, 11) is 0. The molecule has 5 rings (SSSR count). The van der Waals surface area contributed by atoms with E-state index in [9.17, 15) is 19.2 Å². The molecule has 0 spiro atoms. The largest absolute Gasteiger partial charge is 0.397 e. The van der Waals surface area contributed by atoms with Crippen molar-refractivity contribution in [1.82, 2.24) is 9.88 Å². The van der Waals surface area contributed by atoms with Crippen LogP contribution in [0.1, 0.15) is 38.2 Å². The van der Waals surface area contributed by atoms with Crippen LogP contribution < -0.4 is 38.8 Å². The maximum absolute atomic E-state index is 13.5. The van der Waals surface area contributed by atoms with Crippen molar-refractivity contribution in [3.8, 4) is 5.69 Å². The minimum Gasteiger partial charge on any atom is -0.397 e. The van der Waals surface area contributed by atoms with Gasteiger partial charge < -0.3 is 16.8 Å². The fourth-order valence-corrected chi connectivity index (χ4v) is 5.12. The second-order valence-corrected chi connectivity index (χ2v) is 9.38. The van der Waals surface area contributed by atoms with Crippen LogP contribution in [-0.4, -0.2) is 11.1 Å². The first-order valence-corrected chi connectivity index (χ1v) is 12.5. The van der Waals surface area contributed by atoms with Gasteiger partial charge in [-0.25, -0.2) is 4.57 Å². The normalized spacial score (nSPS) is 11.7. The number of hydrogen-bond donors (Lipinski definition) is 3. The number of benzene rings is 4. The maximum Gasteiger partial charge on any atom is 0.268 e. The van der Waals surface area contributed by atoms with Crippen LogP contribution >= 0.6 is 0 Å². The smallest absolute Gasteiger partial charge is 0.268 e. The summed E-state index contributed by atoms with van der Waals surface area (Å²) < 4.78 is 1.01. The highest BCUT2D eigenvalue weighted by Crippen LogP contribution is 2.31. The van der Waals surface area contributed by atoms with E-state index in [1.807, 2.05) is 6.07 Å². The molecule has 188 valence electrons. The van der Waals surface area contributed by atoms with Gasteiger partial charge in [-0.3, -0.25) is 19.2 Å². The van der Waals surface area contributed by atoms with E-state index < -0.39 is 22.0 Å². The molecule has 0 atom stereocenters. The number of nitrogens with zero attached hydrogens (tertiary/aromatic N) is 1. The van der Waals surface area contributed by atoms with Gasteiger partial charge in [-0.2, -0.15) is 0 Å². The van der Waals surface area contributed by atoms with Crippen LogP contribution in [0.2, 0.25) is 0 Å². The Kier molecular flexibility index (Phi) is 6.35. The van der Waals surface area contributed by atoms with Crippen LogP contribution in [0.15, 0.2) is 67.7 Å². The van der Waals surface area contributed by atoms with Gasteiger partial charge in [0.1, 0.15) is 0 Å². The number of fused-ring (bicyclic) bond motifs is 3. The van der Waals surface area contributed by atoms with E-state index in [1.54, 1.807) is 30.3 Å². The van der Waals surface area contributed by atoms with Crippen LogP contribution in [0.5, 0.6) is 0 Å². The van der Waals surface area contributed by atoms with E-state index in [0.717, 1.165) is 23.1 Å². The van der Waals surface area contributed by atoms with Gasteiger partial charge in [0.15, 0.2) is 10.9 Å². The second-order valence-electron chi connectivity index (χ2n) is 9.38. The van der Waals surface area contributed by atoms with Crippen molar-refractivity contribution in [1.29, 1.82) is 0 Å². The lowest BCUT2D eigenvalue weighted by atomic mass is 9.97. The molecule has 0 bridgehead atoms. The van der Waals surface area contributed by atoms with Gasteiger partial charge in [0.25, 0.3) is 11.1 Å². The summed E-state index contributed by atoms with van der Waals surface area (Å²) in [5, 5.41) is 3.25. The lowest BCUT2D eigenvalue weighted by Gasteiger charge is -2.07. The zero-order valence-corrected chi connectivity index (χ0v) is 20.6. The fraction of sp³-hybridized carbons (Fsp3) is 0.241. The van der Waals surface area contributed by atoms with Gasteiger partial charge in [-0.15, -0.1) is 0 Å². The number of unbranched alkanes of at least 4 members (excludes halogenated alkanes) is 3.